The van der Waals surface area contributed by atoms with Crippen molar-refractivity contribution in [2.24, 2.45) is 11.3 Å². The summed E-state index contributed by atoms with van der Waals surface area (Å²) in [6.07, 6.45) is 19.3. The molecule has 5 aliphatic rings. The van der Waals surface area contributed by atoms with Gasteiger partial charge in [-0.1, -0.05) is 67.2 Å². The Morgan fingerprint density at radius 2 is 2.07 bits per heavy atom. The summed E-state index contributed by atoms with van der Waals surface area (Å²) in [7, 11) is 0. The minimum atomic E-state index is 0.363. The molecule has 6 rings (SSSR count). The molecule has 1 saturated carbocycles. The first kappa shape index (κ1) is 16.4. The van der Waals surface area contributed by atoms with Crippen LogP contribution in [0.5, 0.6) is 0 Å². The second-order valence-electron chi connectivity index (χ2n) is 9.10. The van der Waals surface area contributed by atoms with Crippen LogP contribution in [0, 0.1) is 11.3 Å². The monoisotopic (exact) mass is 373 g/mol. The molecule has 0 radical (unpaired) electrons. The van der Waals surface area contributed by atoms with Crippen LogP contribution in [0.25, 0.3) is 0 Å². The highest BCUT2D eigenvalue weighted by Crippen LogP contribution is 2.56. The molecule has 1 N–H and O–H groups in total. The average molecular weight is 374 g/mol. The van der Waals surface area contributed by atoms with E-state index in [1.54, 1.807) is 11.1 Å². The maximum Gasteiger partial charge on any atom is 0.0413 e. The number of rotatable bonds is 1. The average Bonchev–Trinajstić information content (AvgIpc) is 3.22. The number of nitrogens with one attached hydrogen (secondary N) is 1. The maximum absolute atomic E-state index is 4.01. The van der Waals surface area contributed by atoms with Gasteiger partial charge in [0.2, 0.25) is 0 Å². The van der Waals surface area contributed by atoms with Crippen molar-refractivity contribution in [1.82, 2.24) is 5.32 Å². The molecule has 1 nitrogen and oxygen atoms in total. The number of hydrogen-bond acceptors (Lipinski definition) is 2. The Morgan fingerprint density at radius 3 is 3.04 bits per heavy atom. The van der Waals surface area contributed by atoms with E-state index in [1.807, 2.05) is 0 Å². The van der Waals surface area contributed by atoms with E-state index in [0.717, 1.165) is 5.92 Å². The molecule has 138 valence electrons. The molecule has 27 heavy (non-hydrogen) atoms. The Kier molecular flexibility index (Phi) is 3.65. The van der Waals surface area contributed by atoms with Crippen molar-refractivity contribution in [3.8, 4) is 0 Å². The first-order chi connectivity index (χ1) is 13.2. The third-order valence-corrected chi connectivity index (χ3v) is 9.23. The van der Waals surface area contributed by atoms with E-state index in [0.29, 0.717) is 28.7 Å². The quantitative estimate of drug-likeness (QED) is 0.670. The van der Waals surface area contributed by atoms with Crippen molar-refractivity contribution in [2.75, 3.05) is 0 Å². The SMILES string of the molecule is CC12CCC(C3=CC=CC4c5ccccc5SC34)CC1NC1CC=CC=C12. The maximum atomic E-state index is 4.01. The summed E-state index contributed by atoms with van der Waals surface area (Å²) < 4.78 is 0. The van der Waals surface area contributed by atoms with E-state index >= 15 is 0 Å². The molecule has 2 fully saturated rings. The number of fused-ring (bicyclic) bond motifs is 6. The molecular weight excluding hydrogens is 346 g/mol. The van der Waals surface area contributed by atoms with Crippen LogP contribution in [0.1, 0.15) is 44.1 Å². The van der Waals surface area contributed by atoms with E-state index in [-0.39, 0.29) is 0 Å². The highest BCUT2D eigenvalue weighted by Gasteiger charge is 2.51. The Morgan fingerprint density at radius 1 is 1.15 bits per heavy atom. The minimum absolute atomic E-state index is 0.363. The molecule has 0 aromatic heterocycles. The first-order valence-corrected chi connectivity index (χ1v) is 11.4. The van der Waals surface area contributed by atoms with Crippen LogP contribution in [-0.4, -0.2) is 17.3 Å². The van der Waals surface area contributed by atoms with Crippen molar-refractivity contribution < 1.29 is 0 Å². The number of hydrogen-bond donors (Lipinski definition) is 1. The largest absolute Gasteiger partial charge is 0.306 e. The van der Waals surface area contributed by atoms with E-state index in [9.17, 15) is 0 Å². The third-order valence-electron chi connectivity index (χ3n) is 7.79. The fraction of sp³-hybridized carbons (Fsp3) is 0.440. The second kappa shape index (κ2) is 5.99. The Balaban J connectivity index is 1.27. The van der Waals surface area contributed by atoms with Crippen LogP contribution in [0.4, 0.5) is 0 Å². The topological polar surface area (TPSA) is 12.0 Å². The zero-order valence-electron chi connectivity index (χ0n) is 15.9. The lowest BCUT2D eigenvalue weighted by Gasteiger charge is -2.43. The Bertz CT molecular complexity index is 907. The molecule has 3 aliphatic carbocycles. The van der Waals surface area contributed by atoms with Crippen LogP contribution in [0.15, 0.2) is 76.8 Å². The zero-order valence-corrected chi connectivity index (χ0v) is 16.7. The van der Waals surface area contributed by atoms with Crippen molar-refractivity contribution >= 4 is 11.8 Å². The fourth-order valence-electron chi connectivity index (χ4n) is 6.30. The van der Waals surface area contributed by atoms with Gasteiger partial charge in [-0.2, -0.15) is 0 Å². The standard InChI is InChI=1S/C25H27NS/c1-25-14-13-16(15-23(25)26-21-11-4-3-10-20(21)25)17-8-6-9-19-18-7-2-5-12-22(18)27-24(17)19/h2-10,12,16,19,21,23-24,26H,11,13-15H2,1H3. The lowest BCUT2D eigenvalue weighted by molar-refractivity contribution is 0.194. The van der Waals surface area contributed by atoms with E-state index in [1.165, 1.54) is 36.1 Å². The highest BCUT2D eigenvalue weighted by molar-refractivity contribution is 8.00. The summed E-state index contributed by atoms with van der Waals surface area (Å²) in [6.45, 7) is 2.52. The lowest BCUT2D eigenvalue weighted by Crippen LogP contribution is -2.42. The highest BCUT2D eigenvalue weighted by atomic mass is 32.2. The molecule has 0 spiro atoms. The third kappa shape index (κ3) is 2.36. The molecule has 1 saturated heterocycles. The summed E-state index contributed by atoms with van der Waals surface area (Å²) in [5.74, 6) is 1.30. The van der Waals surface area contributed by atoms with Gasteiger partial charge in [0.05, 0.1) is 0 Å². The van der Waals surface area contributed by atoms with Crippen molar-refractivity contribution in [1.29, 1.82) is 0 Å². The van der Waals surface area contributed by atoms with Crippen LogP contribution < -0.4 is 5.32 Å². The first-order valence-electron chi connectivity index (χ1n) is 10.5. The van der Waals surface area contributed by atoms with Crippen molar-refractivity contribution in [2.45, 2.75) is 60.8 Å². The minimum Gasteiger partial charge on any atom is -0.306 e. The van der Waals surface area contributed by atoms with Gasteiger partial charge in [-0.3, -0.25) is 0 Å². The fourth-order valence-corrected chi connectivity index (χ4v) is 7.86. The van der Waals surface area contributed by atoms with Gasteiger partial charge in [-0.15, -0.1) is 11.8 Å². The van der Waals surface area contributed by atoms with Gasteiger partial charge in [-0.25, -0.2) is 0 Å². The summed E-state index contributed by atoms with van der Waals surface area (Å²) >= 11 is 2.10. The molecule has 2 heteroatoms. The zero-order chi connectivity index (χ0) is 18.0. The van der Waals surface area contributed by atoms with Gasteiger partial charge >= 0.3 is 0 Å². The smallest absolute Gasteiger partial charge is 0.0413 e. The van der Waals surface area contributed by atoms with Gasteiger partial charge in [0.1, 0.15) is 0 Å². The summed E-state index contributed by atoms with van der Waals surface area (Å²) in [6, 6.07) is 10.2. The normalized spacial score (nSPS) is 41.3. The predicted molar refractivity (Wildman–Crippen MR) is 114 cm³/mol. The molecule has 6 unspecified atom stereocenters. The molecule has 6 atom stereocenters. The predicted octanol–water partition coefficient (Wildman–Crippen LogP) is 5.77. The molecule has 0 bridgehead atoms. The van der Waals surface area contributed by atoms with Gasteiger partial charge in [0, 0.05) is 33.6 Å². The number of thioether (sulfide) groups is 1. The van der Waals surface area contributed by atoms with Crippen LogP contribution in [0.2, 0.25) is 0 Å². The van der Waals surface area contributed by atoms with Crippen LogP contribution in [0.3, 0.4) is 0 Å². The van der Waals surface area contributed by atoms with Gasteiger partial charge < -0.3 is 5.32 Å². The van der Waals surface area contributed by atoms with Gasteiger partial charge in [0.25, 0.3) is 0 Å². The van der Waals surface area contributed by atoms with Gasteiger partial charge in [-0.05, 0) is 48.8 Å². The van der Waals surface area contributed by atoms with Crippen LogP contribution in [-0.2, 0) is 0 Å². The molecular formula is C25H27NS. The van der Waals surface area contributed by atoms with Crippen LogP contribution >= 0.6 is 11.8 Å². The summed E-state index contributed by atoms with van der Waals surface area (Å²) in [4.78, 5) is 1.49. The molecule has 2 aliphatic heterocycles. The number of benzene rings is 1. The van der Waals surface area contributed by atoms with Crippen molar-refractivity contribution in [3.05, 3.63) is 77.4 Å². The molecule has 1 aromatic rings. The molecule has 0 amide bonds. The summed E-state index contributed by atoms with van der Waals surface area (Å²) in [5.41, 5.74) is 5.28. The Hall–Kier alpha value is -1.51. The Labute approximate surface area is 166 Å². The lowest BCUT2D eigenvalue weighted by atomic mass is 9.63. The van der Waals surface area contributed by atoms with E-state index < -0.39 is 0 Å². The second-order valence-corrected chi connectivity index (χ2v) is 10.3. The van der Waals surface area contributed by atoms with E-state index in [4.69, 9.17) is 0 Å². The summed E-state index contributed by atoms with van der Waals surface area (Å²) in [5, 5.41) is 4.63. The van der Waals surface area contributed by atoms with E-state index in [2.05, 4.69) is 84.7 Å². The molecule has 1 aromatic carbocycles. The number of allylic oxidation sites excluding steroid dienone is 5. The van der Waals surface area contributed by atoms with Gasteiger partial charge in [0.15, 0.2) is 0 Å². The van der Waals surface area contributed by atoms with Crippen molar-refractivity contribution in [3.63, 3.8) is 0 Å². The molecule has 2 heterocycles.